The van der Waals surface area contributed by atoms with E-state index in [0.29, 0.717) is 19.1 Å². The van der Waals surface area contributed by atoms with E-state index in [4.69, 9.17) is 4.74 Å². The van der Waals surface area contributed by atoms with E-state index in [2.05, 4.69) is 5.32 Å². The lowest BCUT2D eigenvalue weighted by molar-refractivity contribution is -0.146. The molecular formula is C13H21NO3. The third-order valence-corrected chi connectivity index (χ3v) is 3.67. The van der Waals surface area contributed by atoms with Gasteiger partial charge in [0.1, 0.15) is 0 Å². The summed E-state index contributed by atoms with van der Waals surface area (Å²) in [5.41, 5.74) is 0. The van der Waals surface area contributed by atoms with E-state index >= 15 is 0 Å². The Kier molecular flexibility index (Phi) is 4.02. The molecule has 4 nitrogen and oxygen atoms in total. The molecule has 2 atom stereocenters. The monoisotopic (exact) mass is 239 g/mol. The normalized spacial score (nSPS) is 28.5. The molecular weight excluding hydrogens is 218 g/mol. The lowest BCUT2D eigenvalue weighted by Gasteiger charge is -2.22. The molecule has 2 aliphatic carbocycles. The Balaban J connectivity index is 1.73. The third kappa shape index (κ3) is 3.20. The Morgan fingerprint density at radius 3 is 2.53 bits per heavy atom. The summed E-state index contributed by atoms with van der Waals surface area (Å²) >= 11 is 0. The Morgan fingerprint density at radius 1 is 1.18 bits per heavy atom. The highest BCUT2D eigenvalue weighted by Crippen LogP contribution is 2.39. The van der Waals surface area contributed by atoms with Crippen molar-refractivity contribution in [3.05, 3.63) is 0 Å². The van der Waals surface area contributed by atoms with Crippen molar-refractivity contribution in [1.82, 2.24) is 5.32 Å². The van der Waals surface area contributed by atoms with Gasteiger partial charge in [-0.2, -0.15) is 0 Å². The zero-order chi connectivity index (χ0) is 12.3. The summed E-state index contributed by atoms with van der Waals surface area (Å²) in [6, 6.07) is 0.333. The lowest BCUT2D eigenvalue weighted by Crippen LogP contribution is -2.37. The molecule has 0 spiro atoms. The number of carbonyl (C=O) groups excluding carboxylic acids is 2. The van der Waals surface area contributed by atoms with Crippen molar-refractivity contribution in [2.24, 2.45) is 11.8 Å². The molecule has 2 saturated carbocycles. The first-order chi connectivity index (χ1) is 8.22. The number of ether oxygens (including phenoxy) is 1. The van der Waals surface area contributed by atoms with Gasteiger partial charge >= 0.3 is 5.97 Å². The maximum atomic E-state index is 11.9. The first kappa shape index (κ1) is 12.4. The maximum absolute atomic E-state index is 11.9. The van der Waals surface area contributed by atoms with Crippen LogP contribution in [0.1, 0.15) is 45.4 Å². The van der Waals surface area contributed by atoms with Crippen molar-refractivity contribution < 1.29 is 14.3 Å². The molecule has 96 valence electrons. The Hall–Kier alpha value is -1.06. The van der Waals surface area contributed by atoms with Gasteiger partial charge in [-0.15, -0.1) is 0 Å². The summed E-state index contributed by atoms with van der Waals surface area (Å²) in [6.07, 6.45) is 6.53. The Bertz CT molecular complexity index is 297. The fraction of sp³-hybridized carbons (Fsp3) is 0.846. The van der Waals surface area contributed by atoms with E-state index in [1.807, 2.05) is 0 Å². The van der Waals surface area contributed by atoms with Gasteiger partial charge in [0.25, 0.3) is 0 Å². The zero-order valence-electron chi connectivity index (χ0n) is 10.4. The molecule has 0 bridgehead atoms. The molecule has 0 radical (unpaired) electrons. The molecule has 1 amide bonds. The predicted molar refractivity (Wildman–Crippen MR) is 63.2 cm³/mol. The summed E-state index contributed by atoms with van der Waals surface area (Å²) in [7, 11) is 0. The second-order valence-electron chi connectivity index (χ2n) is 5.04. The maximum Gasteiger partial charge on any atom is 0.309 e. The molecule has 2 rings (SSSR count). The van der Waals surface area contributed by atoms with Crippen LogP contribution < -0.4 is 5.32 Å². The fourth-order valence-electron chi connectivity index (χ4n) is 2.55. The molecule has 0 aromatic rings. The number of hydrogen-bond donors (Lipinski definition) is 1. The van der Waals surface area contributed by atoms with Crippen molar-refractivity contribution in [1.29, 1.82) is 0 Å². The first-order valence-corrected chi connectivity index (χ1v) is 6.69. The van der Waals surface area contributed by atoms with Crippen molar-refractivity contribution >= 4 is 11.9 Å². The quantitative estimate of drug-likeness (QED) is 0.759. The molecule has 4 heteroatoms. The number of nitrogens with one attached hydrogen (secondary N) is 1. The van der Waals surface area contributed by atoms with E-state index in [0.717, 1.165) is 12.8 Å². The Labute approximate surface area is 102 Å². The van der Waals surface area contributed by atoms with Crippen molar-refractivity contribution in [2.75, 3.05) is 6.61 Å². The molecule has 2 aliphatic rings. The molecule has 0 aromatic heterocycles. The van der Waals surface area contributed by atoms with Gasteiger partial charge in [0, 0.05) is 6.04 Å². The number of amides is 1. The highest BCUT2D eigenvalue weighted by Gasteiger charge is 2.49. The van der Waals surface area contributed by atoms with E-state index in [1.54, 1.807) is 6.92 Å². The summed E-state index contributed by atoms with van der Waals surface area (Å²) in [5.74, 6) is -0.472. The highest BCUT2D eigenvalue weighted by molar-refractivity contribution is 5.90. The van der Waals surface area contributed by atoms with Gasteiger partial charge in [0.15, 0.2) is 0 Å². The average molecular weight is 239 g/mol. The van der Waals surface area contributed by atoms with E-state index < -0.39 is 0 Å². The lowest BCUT2D eigenvalue weighted by atomic mass is 9.95. The van der Waals surface area contributed by atoms with Crippen LogP contribution in [0, 0.1) is 11.8 Å². The molecule has 2 unspecified atom stereocenters. The first-order valence-electron chi connectivity index (χ1n) is 6.69. The summed E-state index contributed by atoms with van der Waals surface area (Å²) in [5, 5.41) is 3.06. The summed E-state index contributed by atoms with van der Waals surface area (Å²) < 4.78 is 4.92. The van der Waals surface area contributed by atoms with E-state index in [-0.39, 0.29) is 23.7 Å². The number of carbonyl (C=O) groups is 2. The molecule has 0 heterocycles. The van der Waals surface area contributed by atoms with Crippen molar-refractivity contribution in [3.8, 4) is 0 Å². The van der Waals surface area contributed by atoms with Gasteiger partial charge in [-0.3, -0.25) is 9.59 Å². The smallest absolute Gasteiger partial charge is 0.309 e. The van der Waals surface area contributed by atoms with E-state index in [1.165, 1.54) is 19.3 Å². The summed E-state index contributed by atoms with van der Waals surface area (Å²) in [4.78, 5) is 23.3. The zero-order valence-corrected chi connectivity index (χ0v) is 10.4. The number of rotatable bonds is 4. The molecule has 1 N–H and O–H groups in total. The second-order valence-corrected chi connectivity index (χ2v) is 5.04. The third-order valence-electron chi connectivity index (χ3n) is 3.67. The van der Waals surface area contributed by atoms with Gasteiger partial charge in [-0.25, -0.2) is 0 Å². The molecule has 0 aliphatic heterocycles. The SMILES string of the molecule is CCOC(=O)C1CC1C(=O)NC1CCCCC1. The standard InChI is InChI=1S/C13H21NO3/c1-2-17-13(16)11-8-10(11)12(15)14-9-6-4-3-5-7-9/h9-11H,2-8H2,1H3,(H,14,15). The van der Waals surface area contributed by atoms with Crippen molar-refractivity contribution in [2.45, 2.75) is 51.5 Å². The van der Waals surface area contributed by atoms with Crippen LogP contribution in [0.2, 0.25) is 0 Å². The Morgan fingerprint density at radius 2 is 1.88 bits per heavy atom. The van der Waals surface area contributed by atoms with Gasteiger partial charge in [-0.05, 0) is 26.2 Å². The minimum atomic E-state index is -0.212. The molecule has 0 saturated heterocycles. The van der Waals surface area contributed by atoms with Crippen LogP contribution in [0.5, 0.6) is 0 Å². The summed E-state index contributed by atoms with van der Waals surface area (Å²) in [6.45, 7) is 2.18. The van der Waals surface area contributed by atoms with Crippen LogP contribution >= 0.6 is 0 Å². The average Bonchev–Trinajstić information content (AvgIpc) is 3.10. The second kappa shape index (κ2) is 5.52. The fourth-order valence-corrected chi connectivity index (χ4v) is 2.55. The van der Waals surface area contributed by atoms with Gasteiger partial charge in [0.2, 0.25) is 5.91 Å². The highest BCUT2D eigenvalue weighted by atomic mass is 16.5. The predicted octanol–water partition coefficient (Wildman–Crippen LogP) is 1.63. The van der Waals surface area contributed by atoms with Crippen LogP contribution in [0.4, 0.5) is 0 Å². The van der Waals surface area contributed by atoms with E-state index in [9.17, 15) is 9.59 Å². The molecule has 0 aromatic carbocycles. The van der Waals surface area contributed by atoms with Crippen LogP contribution in [-0.2, 0) is 14.3 Å². The van der Waals surface area contributed by atoms with Crippen LogP contribution in [0.25, 0.3) is 0 Å². The number of esters is 1. The van der Waals surface area contributed by atoms with Crippen molar-refractivity contribution in [3.63, 3.8) is 0 Å². The van der Waals surface area contributed by atoms with Crippen LogP contribution in [0.15, 0.2) is 0 Å². The number of hydrogen-bond acceptors (Lipinski definition) is 3. The van der Waals surface area contributed by atoms with Gasteiger partial charge in [-0.1, -0.05) is 19.3 Å². The van der Waals surface area contributed by atoms with Crippen LogP contribution in [-0.4, -0.2) is 24.5 Å². The minimum Gasteiger partial charge on any atom is -0.466 e. The minimum absolute atomic E-state index is 0.0509. The van der Waals surface area contributed by atoms with Crippen LogP contribution in [0.3, 0.4) is 0 Å². The van der Waals surface area contributed by atoms with Gasteiger partial charge in [0.05, 0.1) is 18.4 Å². The molecule has 17 heavy (non-hydrogen) atoms. The topological polar surface area (TPSA) is 55.4 Å². The van der Waals surface area contributed by atoms with Gasteiger partial charge < -0.3 is 10.1 Å². The largest absolute Gasteiger partial charge is 0.466 e. The molecule has 2 fully saturated rings.